The quantitative estimate of drug-likeness (QED) is 0.306. The molecule has 0 heterocycles. The van der Waals surface area contributed by atoms with Crippen LogP contribution in [0.2, 0.25) is 0 Å². The molecule has 4 atom stereocenters. The Bertz CT molecular complexity index is 186. The lowest BCUT2D eigenvalue weighted by atomic mass is 9.79. The molecule has 0 bridgehead atoms. The molecule has 0 aromatic heterocycles. The largest absolute Gasteiger partial charge is 0.0654 e. The first-order chi connectivity index (χ1) is 10.1. The van der Waals surface area contributed by atoms with E-state index in [4.69, 9.17) is 0 Å². The van der Waals surface area contributed by atoms with Crippen LogP contribution in [0.4, 0.5) is 0 Å². The van der Waals surface area contributed by atoms with Gasteiger partial charge in [-0.3, -0.25) is 0 Å². The Kier molecular flexibility index (Phi) is 13.6. The molecule has 0 nitrogen and oxygen atoms in total. The van der Waals surface area contributed by atoms with Gasteiger partial charge in [0.15, 0.2) is 0 Å². The second kappa shape index (κ2) is 13.6. The summed E-state index contributed by atoms with van der Waals surface area (Å²) in [6.45, 7) is 14.3. The van der Waals surface area contributed by atoms with Gasteiger partial charge >= 0.3 is 0 Å². The number of rotatable bonds is 14. The second-order valence-corrected chi connectivity index (χ2v) is 7.80. The molecule has 0 aliphatic heterocycles. The topological polar surface area (TPSA) is 0 Å². The van der Waals surface area contributed by atoms with Crippen molar-refractivity contribution in [3.05, 3.63) is 0 Å². The predicted octanol–water partition coefficient (Wildman–Crippen LogP) is 7.86. The van der Waals surface area contributed by atoms with Crippen LogP contribution in [0.15, 0.2) is 0 Å². The van der Waals surface area contributed by atoms with E-state index in [1.807, 2.05) is 0 Å². The average Bonchev–Trinajstić information content (AvgIpc) is 2.39. The minimum absolute atomic E-state index is 0.932. The molecule has 0 aliphatic rings. The van der Waals surface area contributed by atoms with Gasteiger partial charge in [-0.1, -0.05) is 92.9 Å². The Morgan fingerprint density at radius 2 is 0.810 bits per heavy atom. The molecule has 128 valence electrons. The van der Waals surface area contributed by atoms with Crippen molar-refractivity contribution in [2.75, 3.05) is 0 Å². The molecule has 0 aromatic carbocycles. The van der Waals surface area contributed by atoms with Crippen molar-refractivity contribution in [1.82, 2.24) is 0 Å². The van der Waals surface area contributed by atoms with Gasteiger partial charge in [0.2, 0.25) is 0 Å². The molecule has 0 fully saturated rings. The Balaban J connectivity index is 4.42. The normalized spacial score (nSPS) is 17.4. The Morgan fingerprint density at radius 1 is 0.476 bits per heavy atom. The maximum Gasteiger partial charge on any atom is -0.0409 e. The van der Waals surface area contributed by atoms with E-state index in [1.54, 1.807) is 0 Å². The van der Waals surface area contributed by atoms with Crippen LogP contribution in [0.1, 0.15) is 112 Å². The summed E-state index contributed by atoms with van der Waals surface area (Å²) in [7, 11) is 0. The first kappa shape index (κ1) is 21.0. The third-order valence-corrected chi connectivity index (χ3v) is 5.09. The third kappa shape index (κ3) is 11.2. The molecule has 21 heavy (non-hydrogen) atoms. The summed E-state index contributed by atoms with van der Waals surface area (Å²) in [6.07, 6.45) is 15.7. The predicted molar refractivity (Wildman–Crippen MR) is 98.8 cm³/mol. The second-order valence-electron chi connectivity index (χ2n) is 7.80. The first-order valence-electron chi connectivity index (χ1n) is 10.1. The summed E-state index contributed by atoms with van der Waals surface area (Å²) in [5.74, 6) is 3.84. The Labute approximate surface area is 136 Å². The van der Waals surface area contributed by atoms with E-state index in [0.717, 1.165) is 23.7 Å². The van der Waals surface area contributed by atoms with Crippen LogP contribution in [0.5, 0.6) is 0 Å². The van der Waals surface area contributed by atoms with E-state index >= 15 is 0 Å². The van der Waals surface area contributed by atoms with Crippen molar-refractivity contribution in [2.24, 2.45) is 23.7 Å². The van der Waals surface area contributed by atoms with Gasteiger partial charge < -0.3 is 0 Å². The zero-order valence-corrected chi connectivity index (χ0v) is 16.1. The van der Waals surface area contributed by atoms with Gasteiger partial charge in [-0.15, -0.1) is 0 Å². The van der Waals surface area contributed by atoms with Crippen molar-refractivity contribution in [3.8, 4) is 0 Å². The maximum atomic E-state index is 2.47. The van der Waals surface area contributed by atoms with Gasteiger partial charge in [0.1, 0.15) is 0 Å². The van der Waals surface area contributed by atoms with Crippen molar-refractivity contribution in [2.45, 2.75) is 112 Å². The summed E-state index contributed by atoms with van der Waals surface area (Å²) in [5.41, 5.74) is 0. The zero-order chi connectivity index (χ0) is 16.1. The van der Waals surface area contributed by atoms with E-state index in [1.165, 1.54) is 70.6 Å². The van der Waals surface area contributed by atoms with Gasteiger partial charge in [-0.05, 0) is 42.9 Å². The highest BCUT2D eigenvalue weighted by molar-refractivity contribution is 4.71. The zero-order valence-electron chi connectivity index (χ0n) is 16.1. The SMILES string of the molecule is CCCC(C)CC(CCC)CC(CCC)CC(C)CCC. The summed E-state index contributed by atoms with van der Waals surface area (Å²) in [6, 6.07) is 0. The van der Waals surface area contributed by atoms with E-state index < -0.39 is 0 Å². The molecule has 0 rings (SSSR count). The summed E-state index contributed by atoms with van der Waals surface area (Å²) < 4.78 is 0. The van der Waals surface area contributed by atoms with Gasteiger partial charge in [-0.25, -0.2) is 0 Å². The van der Waals surface area contributed by atoms with Crippen LogP contribution >= 0.6 is 0 Å². The highest BCUT2D eigenvalue weighted by atomic mass is 14.2. The van der Waals surface area contributed by atoms with Crippen LogP contribution in [-0.2, 0) is 0 Å². The monoisotopic (exact) mass is 296 g/mol. The van der Waals surface area contributed by atoms with Crippen molar-refractivity contribution >= 4 is 0 Å². The lowest BCUT2D eigenvalue weighted by molar-refractivity contribution is 0.246. The van der Waals surface area contributed by atoms with E-state index in [9.17, 15) is 0 Å². The molecule has 4 unspecified atom stereocenters. The molecular formula is C21H44. The fourth-order valence-corrected chi connectivity index (χ4v) is 4.31. The standard InChI is InChI=1S/C21H44/c1-7-11-18(5)15-20(13-9-3)17-21(14-10-4)16-19(6)12-8-2/h18-21H,7-17H2,1-6H3. The minimum atomic E-state index is 0.932. The van der Waals surface area contributed by atoms with Gasteiger partial charge in [0.25, 0.3) is 0 Å². The first-order valence-corrected chi connectivity index (χ1v) is 10.1. The van der Waals surface area contributed by atoms with Gasteiger partial charge in [0.05, 0.1) is 0 Å². The molecule has 0 saturated carbocycles. The maximum absolute atomic E-state index is 2.47. The van der Waals surface area contributed by atoms with Gasteiger partial charge in [0, 0.05) is 0 Å². The highest BCUT2D eigenvalue weighted by Gasteiger charge is 2.19. The lowest BCUT2D eigenvalue weighted by Gasteiger charge is -2.27. The third-order valence-electron chi connectivity index (χ3n) is 5.09. The molecule has 0 heteroatoms. The summed E-state index contributed by atoms with van der Waals surface area (Å²) >= 11 is 0. The van der Waals surface area contributed by atoms with Crippen molar-refractivity contribution in [3.63, 3.8) is 0 Å². The fourth-order valence-electron chi connectivity index (χ4n) is 4.31. The summed E-state index contributed by atoms with van der Waals surface area (Å²) in [4.78, 5) is 0. The molecule has 0 amide bonds. The van der Waals surface area contributed by atoms with Crippen LogP contribution in [0, 0.1) is 23.7 Å². The average molecular weight is 297 g/mol. The van der Waals surface area contributed by atoms with Crippen LogP contribution in [-0.4, -0.2) is 0 Å². The molecule has 0 N–H and O–H groups in total. The molecule has 0 saturated heterocycles. The van der Waals surface area contributed by atoms with E-state index in [0.29, 0.717) is 0 Å². The van der Waals surface area contributed by atoms with Gasteiger partial charge in [-0.2, -0.15) is 0 Å². The number of hydrogen-bond acceptors (Lipinski definition) is 0. The molecule has 0 aliphatic carbocycles. The smallest absolute Gasteiger partial charge is 0.0409 e. The van der Waals surface area contributed by atoms with Crippen molar-refractivity contribution in [1.29, 1.82) is 0 Å². The lowest BCUT2D eigenvalue weighted by Crippen LogP contribution is -2.15. The molecule has 0 radical (unpaired) electrons. The molecule has 0 aromatic rings. The Morgan fingerprint density at radius 3 is 1.10 bits per heavy atom. The fraction of sp³-hybridized carbons (Fsp3) is 1.00. The Hall–Kier alpha value is 0. The van der Waals surface area contributed by atoms with E-state index in [2.05, 4.69) is 41.5 Å². The van der Waals surface area contributed by atoms with Crippen LogP contribution in [0.25, 0.3) is 0 Å². The summed E-state index contributed by atoms with van der Waals surface area (Å²) in [5, 5.41) is 0. The highest BCUT2D eigenvalue weighted by Crippen LogP contribution is 2.32. The van der Waals surface area contributed by atoms with Crippen LogP contribution < -0.4 is 0 Å². The minimum Gasteiger partial charge on any atom is -0.0654 e. The molecular weight excluding hydrogens is 252 g/mol. The molecule has 0 spiro atoms. The number of hydrogen-bond donors (Lipinski definition) is 0. The van der Waals surface area contributed by atoms with E-state index in [-0.39, 0.29) is 0 Å². The van der Waals surface area contributed by atoms with Crippen molar-refractivity contribution < 1.29 is 0 Å². The van der Waals surface area contributed by atoms with Crippen LogP contribution in [0.3, 0.4) is 0 Å².